The van der Waals surface area contributed by atoms with E-state index in [1.54, 1.807) is 7.11 Å². The van der Waals surface area contributed by atoms with Gasteiger partial charge in [0.2, 0.25) is 5.91 Å². The molecular formula is C12H24N2O2. The number of amides is 1. The van der Waals surface area contributed by atoms with E-state index in [0.717, 1.165) is 12.8 Å². The topological polar surface area (TPSA) is 50.4 Å². The third-order valence-electron chi connectivity index (χ3n) is 3.05. The van der Waals surface area contributed by atoms with E-state index in [2.05, 4.69) is 10.6 Å². The molecule has 1 saturated carbocycles. The predicted molar refractivity (Wildman–Crippen MR) is 64.3 cm³/mol. The molecular weight excluding hydrogens is 204 g/mol. The van der Waals surface area contributed by atoms with Gasteiger partial charge in [-0.2, -0.15) is 0 Å². The first-order chi connectivity index (χ1) is 7.63. The number of hydrogen-bond donors (Lipinski definition) is 2. The molecule has 2 N–H and O–H groups in total. The van der Waals surface area contributed by atoms with E-state index in [-0.39, 0.29) is 18.0 Å². The molecule has 0 aromatic rings. The SMILES string of the molecule is COCC(C)NC(C)C(=O)NC1CCCC1. The summed E-state index contributed by atoms with van der Waals surface area (Å²) in [4.78, 5) is 11.8. The summed E-state index contributed by atoms with van der Waals surface area (Å²) < 4.78 is 5.02. The number of hydrogen-bond acceptors (Lipinski definition) is 3. The lowest BCUT2D eigenvalue weighted by Gasteiger charge is -2.21. The summed E-state index contributed by atoms with van der Waals surface area (Å²) in [6.07, 6.45) is 4.75. The fraction of sp³-hybridized carbons (Fsp3) is 0.917. The van der Waals surface area contributed by atoms with Crippen molar-refractivity contribution >= 4 is 5.91 Å². The quantitative estimate of drug-likeness (QED) is 0.714. The van der Waals surface area contributed by atoms with Crippen molar-refractivity contribution < 1.29 is 9.53 Å². The second-order valence-electron chi connectivity index (χ2n) is 4.73. The van der Waals surface area contributed by atoms with Crippen LogP contribution >= 0.6 is 0 Å². The Labute approximate surface area is 98.1 Å². The Hall–Kier alpha value is -0.610. The molecule has 0 radical (unpaired) electrons. The van der Waals surface area contributed by atoms with Crippen LogP contribution in [0.1, 0.15) is 39.5 Å². The van der Waals surface area contributed by atoms with Gasteiger partial charge < -0.3 is 15.4 Å². The molecule has 0 bridgehead atoms. The molecule has 0 aliphatic heterocycles. The lowest BCUT2D eigenvalue weighted by molar-refractivity contribution is -0.123. The van der Waals surface area contributed by atoms with E-state index >= 15 is 0 Å². The van der Waals surface area contributed by atoms with Crippen LogP contribution in [0.2, 0.25) is 0 Å². The molecule has 1 aliphatic carbocycles. The van der Waals surface area contributed by atoms with Crippen LogP contribution in [0.5, 0.6) is 0 Å². The van der Waals surface area contributed by atoms with Gasteiger partial charge in [-0.1, -0.05) is 12.8 Å². The molecule has 0 aromatic heterocycles. The van der Waals surface area contributed by atoms with Crippen molar-refractivity contribution in [3.05, 3.63) is 0 Å². The van der Waals surface area contributed by atoms with Gasteiger partial charge in [-0.3, -0.25) is 4.79 Å². The molecule has 16 heavy (non-hydrogen) atoms. The minimum absolute atomic E-state index is 0.106. The molecule has 1 rings (SSSR count). The predicted octanol–water partition coefficient (Wildman–Crippen LogP) is 1.06. The number of methoxy groups -OCH3 is 1. The maximum absolute atomic E-state index is 11.8. The highest BCUT2D eigenvalue weighted by Gasteiger charge is 2.21. The lowest BCUT2D eigenvalue weighted by Crippen LogP contribution is -2.49. The summed E-state index contributed by atoms with van der Waals surface area (Å²) in [6.45, 7) is 4.54. The van der Waals surface area contributed by atoms with Crippen molar-refractivity contribution in [3.63, 3.8) is 0 Å². The van der Waals surface area contributed by atoms with E-state index < -0.39 is 0 Å². The minimum atomic E-state index is -0.147. The average Bonchev–Trinajstić information content (AvgIpc) is 2.70. The molecule has 0 saturated heterocycles. The zero-order valence-corrected chi connectivity index (χ0v) is 10.6. The van der Waals surface area contributed by atoms with Crippen LogP contribution in [0.4, 0.5) is 0 Å². The van der Waals surface area contributed by atoms with E-state index in [1.807, 2.05) is 13.8 Å². The molecule has 4 heteroatoms. The van der Waals surface area contributed by atoms with Crippen molar-refractivity contribution in [2.45, 2.75) is 57.7 Å². The third-order valence-corrected chi connectivity index (χ3v) is 3.05. The van der Waals surface area contributed by atoms with Gasteiger partial charge in [0.15, 0.2) is 0 Å². The van der Waals surface area contributed by atoms with Gasteiger partial charge in [0.05, 0.1) is 12.6 Å². The van der Waals surface area contributed by atoms with E-state index in [0.29, 0.717) is 12.6 Å². The monoisotopic (exact) mass is 228 g/mol. The van der Waals surface area contributed by atoms with Crippen LogP contribution in [0.15, 0.2) is 0 Å². The van der Waals surface area contributed by atoms with Gasteiger partial charge >= 0.3 is 0 Å². The van der Waals surface area contributed by atoms with Crippen LogP contribution in [-0.4, -0.2) is 37.7 Å². The van der Waals surface area contributed by atoms with Gasteiger partial charge in [0.1, 0.15) is 0 Å². The second-order valence-corrected chi connectivity index (χ2v) is 4.73. The van der Waals surface area contributed by atoms with E-state index in [9.17, 15) is 4.79 Å². The standard InChI is InChI=1S/C12H24N2O2/c1-9(8-16-3)13-10(2)12(15)14-11-6-4-5-7-11/h9-11,13H,4-8H2,1-3H3,(H,14,15). The highest BCUT2D eigenvalue weighted by atomic mass is 16.5. The van der Waals surface area contributed by atoms with Crippen LogP contribution < -0.4 is 10.6 Å². The van der Waals surface area contributed by atoms with Gasteiger partial charge in [-0.15, -0.1) is 0 Å². The summed E-state index contributed by atoms with van der Waals surface area (Å²) in [5.74, 6) is 0.106. The Bertz CT molecular complexity index is 215. The van der Waals surface area contributed by atoms with Gasteiger partial charge in [-0.25, -0.2) is 0 Å². The van der Waals surface area contributed by atoms with Crippen molar-refractivity contribution in [1.29, 1.82) is 0 Å². The van der Waals surface area contributed by atoms with Crippen LogP contribution in [0, 0.1) is 0 Å². The number of nitrogens with one attached hydrogen (secondary N) is 2. The molecule has 0 aromatic carbocycles. The average molecular weight is 228 g/mol. The van der Waals surface area contributed by atoms with Crippen molar-refractivity contribution in [3.8, 4) is 0 Å². The fourth-order valence-electron chi connectivity index (χ4n) is 2.20. The van der Waals surface area contributed by atoms with E-state index in [1.165, 1.54) is 12.8 Å². The maximum Gasteiger partial charge on any atom is 0.237 e. The molecule has 2 atom stereocenters. The Morgan fingerprint density at radius 2 is 2.00 bits per heavy atom. The van der Waals surface area contributed by atoms with Gasteiger partial charge in [-0.05, 0) is 26.7 Å². The first-order valence-electron chi connectivity index (χ1n) is 6.19. The molecule has 2 unspecified atom stereocenters. The fourth-order valence-corrected chi connectivity index (χ4v) is 2.20. The number of rotatable bonds is 6. The molecule has 1 fully saturated rings. The summed E-state index contributed by atoms with van der Waals surface area (Å²) >= 11 is 0. The van der Waals surface area contributed by atoms with Crippen molar-refractivity contribution in [2.24, 2.45) is 0 Å². The maximum atomic E-state index is 11.8. The molecule has 4 nitrogen and oxygen atoms in total. The normalized spacial score (nSPS) is 20.7. The summed E-state index contributed by atoms with van der Waals surface area (Å²) in [6, 6.07) is 0.453. The smallest absolute Gasteiger partial charge is 0.237 e. The largest absolute Gasteiger partial charge is 0.383 e. The van der Waals surface area contributed by atoms with Gasteiger partial charge in [0, 0.05) is 19.2 Å². The lowest BCUT2D eigenvalue weighted by atomic mass is 10.2. The zero-order valence-electron chi connectivity index (χ0n) is 10.6. The molecule has 1 amide bonds. The first kappa shape index (κ1) is 13.5. The van der Waals surface area contributed by atoms with Crippen molar-refractivity contribution in [2.75, 3.05) is 13.7 Å². The third kappa shape index (κ3) is 4.49. The molecule has 1 aliphatic rings. The van der Waals surface area contributed by atoms with Crippen LogP contribution in [0.3, 0.4) is 0 Å². The first-order valence-corrected chi connectivity index (χ1v) is 6.19. The van der Waals surface area contributed by atoms with E-state index in [4.69, 9.17) is 4.74 Å². The zero-order chi connectivity index (χ0) is 12.0. The second kappa shape index (κ2) is 6.86. The minimum Gasteiger partial charge on any atom is -0.383 e. The Morgan fingerprint density at radius 3 is 2.56 bits per heavy atom. The summed E-state index contributed by atoms with van der Waals surface area (Å²) in [5, 5.41) is 6.30. The summed E-state index contributed by atoms with van der Waals surface area (Å²) in [7, 11) is 1.67. The molecule has 94 valence electrons. The molecule has 0 heterocycles. The summed E-state index contributed by atoms with van der Waals surface area (Å²) in [5.41, 5.74) is 0. The van der Waals surface area contributed by atoms with Crippen molar-refractivity contribution in [1.82, 2.24) is 10.6 Å². The van der Waals surface area contributed by atoms with Crippen LogP contribution in [-0.2, 0) is 9.53 Å². The van der Waals surface area contributed by atoms with Crippen LogP contribution in [0.25, 0.3) is 0 Å². The van der Waals surface area contributed by atoms with Gasteiger partial charge in [0.25, 0.3) is 0 Å². The Kier molecular flexibility index (Phi) is 5.77. The highest BCUT2D eigenvalue weighted by molar-refractivity contribution is 5.81. The Morgan fingerprint density at radius 1 is 1.38 bits per heavy atom. The highest BCUT2D eigenvalue weighted by Crippen LogP contribution is 2.17. The molecule has 0 spiro atoms. The number of ether oxygens (including phenoxy) is 1. The Balaban J connectivity index is 2.23. The number of carbonyl (C=O) groups excluding carboxylic acids is 1. The number of carbonyl (C=O) groups is 1.